The van der Waals surface area contributed by atoms with Crippen LogP contribution in [0.4, 0.5) is 18.9 Å². The molecule has 21 heavy (non-hydrogen) atoms. The number of halogens is 4. The van der Waals surface area contributed by atoms with Crippen LogP contribution in [0.3, 0.4) is 0 Å². The number of hydrogen-bond acceptors (Lipinski definition) is 3. The Morgan fingerprint density at radius 2 is 1.95 bits per heavy atom. The maximum absolute atomic E-state index is 12.5. The lowest BCUT2D eigenvalue weighted by Gasteiger charge is -2.27. The van der Waals surface area contributed by atoms with Gasteiger partial charge in [0.05, 0.1) is 5.69 Å². The van der Waals surface area contributed by atoms with Gasteiger partial charge in [-0.1, -0.05) is 22.0 Å². The molecule has 2 N–H and O–H groups in total. The Bertz CT molecular complexity index is 686. The van der Waals surface area contributed by atoms with Gasteiger partial charge in [0.25, 0.3) is 0 Å². The average molecular weight is 385 g/mol. The predicted octanol–water partition coefficient (Wildman–Crippen LogP) is 2.91. The number of anilines is 1. The highest BCUT2D eigenvalue weighted by atomic mass is 79.9. The van der Waals surface area contributed by atoms with E-state index in [4.69, 9.17) is 5.73 Å². The number of benzene rings is 1. The van der Waals surface area contributed by atoms with Crippen LogP contribution in [-0.2, 0) is 10.0 Å². The molecule has 1 aliphatic rings. The summed E-state index contributed by atoms with van der Waals surface area (Å²) < 4.78 is 64.0. The Hall–Kier alpha value is -1.06. The molecule has 1 aromatic carbocycles. The third kappa shape index (κ3) is 3.41. The molecule has 0 fully saturated rings. The fourth-order valence-electron chi connectivity index (χ4n) is 2.02. The highest BCUT2D eigenvalue weighted by Gasteiger charge is 2.37. The van der Waals surface area contributed by atoms with Crippen LogP contribution in [0.1, 0.15) is 6.42 Å². The first-order valence-electron chi connectivity index (χ1n) is 5.94. The molecule has 0 saturated carbocycles. The van der Waals surface area contributed by atoms with E-state index in [0.717, 1.165) is 10.4 Å². The first-order valence-corrected chi connectivity index (χ1v) is 8.17. The predicted molar refractivity (Wildman–Crippen MR) is 76.1 cm³/mol. The van der Waals surface area contributed by atoms with Crippen LogP contribution in [0.2, 0.25) is 0 Å². The number of alkyl halides is 3. The topological polar surface area (TPSA) is 63.4 Å². The Kier molecular flexibility index (Phi) is 4.36. The Labute approximate surface area is 128 Å². The molecule has 1 heterocycles. The van der Waals surface area contributed by atoms with Crippen molar-refractivity contribution in [1.82, 2.24) is 4.31 Å². The monoisotopic (exact) mass is 384 g/mol. The zero-order valence-electron chi connectivity index (χ0n) is 10.7. The van der Waals surface area contributed by atoms with E-state index in [2.05, 4.69) is 15.9 Å². The van der Waals surface area contributed by atoms with Gasteiger partial charge in [0.1, 0.15) is 4.90 Å². The van der Waals surface area contributed by atoms with Crippen LogP contribution in [-0.4, -0.2) is 32.0 Å². The van der Waals surface area contributed by atoms with E-state index in [1.54, 1.807) is 0 Å². The van der Waals surface area contributed by atoms with Crippen molar-refractivity contribution >= 4 is 31.6 Å². The second-order valence-corrected chi connectivity index (χ2v) is 7.34. The van der Waals surface area contributed by atoms with E-state index < -0.39 is 21.8 Å². The number of nitrogens with two attached hydrogens (primary N) is 1. The van der Waals surface area contributed by atoms with Gasteiger partial charge < -0.3 is 5.73 Å². The fraction of sp³-hybridized carbons (Fsp3) is 0.333. The molecule has 9 heteroatoms. The van der Waals surface area contributed by atoms with Gasteiger partial charge in [0.2, 0.25) is 10.0 Å². The molecule has 0 saturated heterocycles. The second-order valence-electron chi connectivity index (χ2n) is 4.52. The molecule has 116 valence electrons. The molecule has 1 aromatic rings. The standard InChI is InChI=1S/C12H12BrF3N2O2S/c13-9-1-2-11(10(17)7-9)21(19,20)18-5-3-8(4-6-18)12(14,15)16/h1-3,7H,4-6,17H2. The Balaban J connectivity index is 2.29. The summed E-state index contributed by atoms with van der Waals surface area (Å²) in [6.45, 7) is -0.532. The van der Waals surface area contributed by atoms with Gasteiger partial charge in [-0.3, -0.25) is 0 Å². The molecule has 0 bridgehead atoms. The summed E-state index contributed by atoms with van der Waals surface area (Å²) in [5.41, 5.74) is 5.03. The summed E-state index contributed by atoms with van der Waals surface area (Å²) in [4.78, 5) is -0.102. The Morgan fingerprint density at radius 3 is 2.43 bits per heavy atom. The number of sulfonamides is 1. The molecular formula is C12H12BrF3N2O2S. The summed E-state index contributed by atoms with van der Waals surface area (Å²) >= 11 is 3.17. The number of hydrogen-bond donors (Lipinski definition) is 1. The van der Waals surface area contributed by atoms with Gasteiger partial charge in [-0.15, -0.1) is 0 Å². The molecule has 0 radical (unpaired) electrons. The molecule has 0 spiro atoms. The van der Waals surface area contributed by atoms with Gasteiger partial charge >= 0.3 is 6.18 Å². The van der Waals surface area contributed by atoms with Crippen LogP contribution < -0.4 is 5.73 Å². The van der Waals surface area contributed by atoms with E-state index in [1.807, 2.05) is 0 Å². The normalized spacial score (nSPS) is 17.6. The molecular weight excluding hydrogens is 373 g/mol. The summed E-state index contributed by atoms with van der Waals surface area (Å²) in [7, 11) is -3.90. The van der Waals surface area contributed by atoms with Crippen molar-refractivity contribution < 1.29 is 21.6 Å². The number of nitrogen functional groups attached to an aromatic ring is 1. The lowest BCUT2D eigenvalue weighted by molar-refractivity contribution is -0.0953. The van der Waals surface area contributed by atoms with E-state index in [-0.39, 0.29) is 30.1 Å². The highest BCUT2D eigenvalue weighted by Crippen LogP contribution is 2.32. The van der Waals surface area contributed by atoms with Crippen molar-refractivity contribution in [1.29, 1.82) is 0 Å². The molecule has 4 nitrogen and oxygen atoms in total. The van der Waals surface area contributed by atoms with Crippen LogP contribution in [0, 0.1) is 0 Å². The van der Waals surface area contributed by atoms with Crippen molar-refractivity contribution in [3.05, 3.63) is 34.3 Å². The van der Waals surface area contributed by atoms with Gasteiger partial charge in [0.15, 0.2) is 0 Å². The molecule has 1 aliphatic heterocycles. The molecule has 0 amide bonds. The number of nitrogens with zero attached hydrogens (tertiary/aromatic N) is 1. The van der Waals surface area contributed by atoms with Crippen LogP contribution in [0.15, 0.2) is 39.2 Å². The lowest BCUT2D eigenvalue weighted by atomic mass is 10.1. The lowest BCUT2D eigenvalue weighted by Crippen LogP contribution is -2.37. The van der Waals surface area contributed by atoms with E-state index in [0.29, 0.717) is 4.47 Å². The minimum Gasteiger partial charge on any atom is -0.398 e. The Morgan fingerprint density at radius 1 is 1.29 bits per heavy atom. The maximum atomic E-state index is 12.5. The molecule has 0 atom stereocenters. The first-order chi connectivity index (χ1) is 9.62. The van der Waals surface area contributed by atoms with Gasteiger partial charge in [-0.2, -0.15) is 17.5 Å². The summed E-state index contributed by atoms with van der Waals surface area (Å²) in [5.74, 6) is 0. The van der Waals surface area contributed by atoms with E-state index >= 15 is 0 Å². The van der Waals surface area contributed by atoms with Gasteiger partial charge in [-0.25, -0.2) is 8.42 Å². The summed E-state index contributed by atoms with van der Waals surface area (Å²) in [5, 5.41) is 0. The molecule has 0 aromatic heterocycles. The van der Waals surface area contributed by atoms with Gasteiger partial charge in [0, 0.05) is 23.1 Å². The molecule has 0 aliphatic carbocycles. The third-order valence-electron chi connectivity index (χ3n) is 3.13. The fourth-order valence-corrected chi connectivity index (χ4v) is 3.88. The van der Waals surface area contributed by atoms with Crippen LogP contribution in [0.25, 0.3) is 0 Å². The quantitative estimate of drug-likeness (QED) is 0.629. The molecule has 0 unspecified atom stereocenters. The van der Waals surface area contributed by atoms with Crippen molar-refractivity contribution in [3.63, 3.8) is 0 Å². The minimum atomic E-state index is -4.41. The smallest absolute Gasteiger partial charge is 0.398 e. The van der Waals surface area contributed by atoms with E-state index in [9.17, 15) is 21.6 Å². The zero-order valence-corrected chi connectivity index (χ0v) is 13.1. The average Bonchev–Trinajstić information content (AvgIpc) is 2.37. The van der Waals surface area contributed by atoms with Crippen LogP contribution >= 0.6 is 15.9 Å². The minimum absolute atomic E-state index is 0.0509. The summed E-state index contributed by atoms with van der Waals surface area (Å²) in [6, 6.07) is 4.29. The van der Waals surface area contributed by atoms with Gasteiger partial charge in [-0.05, 0) is 24.6 Å². The zero-order chi connectivity index (χ0) is 15.8. The van der Waals surface area contributed by atoms with E-state index in [1.165, 1.54) is 18.2 Å². The van der Waals surface area contributed by atoms with Crippen molar-refractivity contribution in [2.24, 2.45) is 0 Å². The largest absolute Gasteiger partial charge is 0.412 e. The first kappa shape index (κ1) is 16.3. The SMILES string of the molecule is Nc1cc(Br)ccc1S(=O)(=O)N1CC=C(C(F)(F)F)CC1. The summed E-state index contributed by atoms with van der Waals surface area (Å²) in [6.07, 6.45) is -3.87. The number of rotatable bonds is 2. The molecule has 2 rings (SSSR count). The second kappa shape index (κ2) is 5.62. The van der Waals surface area contributed by atoms with Crippen molar-refractivity contribution in [2.75, 3.05) is 18.8 Å². The maximum Gasteiger partial charge on any atom is 0.412 e. The van der Waals surface area contributed by atoms with Crippen molar-refractivity contribution in [3.8, 4) is 0 Å². The van der Waals surface area contributed by atoms with Crippen LogP contribution in [0.5, 0.6) is 0 Å². The van der Waals surface area contributed by atoms with Crippen molar-refractivity contribution in [2.45, 2.75) is 17.5 Å². The highest BCUT2D eigenvalue weighted by molar-refractivity contribution is 9.10. The third-order valence-corrected chi connectivity index (χ3v) is 5.56.